The number of aliphatic hydroxyl groups is 1. The van der Waals surface area contributed by atoms with Gasteiger partial charge in [0.2, 0.25) is 0 Å². The number of hydrogen-bond acceptors (Lipinski definition) is 6. The number of carbonyl (C=O) groups excluding carboxylic acids is 1. The van der Waals surface area contributed by atoms with Gasteiger partial charge in [-0.3, -0.25) is 12.5 Å². The van der Waals surface area contributed by atoms with Crippen LogP contribution in [0.3, 0.4) is 0 Å². The lowest BCUT2D eigenvalue weighted by Gasteiger charge is -2.19. The molecule has 0 radical (unpaired) electrons. The first-order chi connectivity index (χ1) is 11.8. The SMILES string of the molecule is CCCI=NC/C=C\C1=C(S(=O)(=O)O)CC(C(=O)NCCN)=C(O)C1. The molecule has 0 atom stereocenters. The number of nitrogens with two attached hydrogens (primary N) is 1. The molecule has 0 heterocycles. The Balaban J connectivity index is 2.97. The topological polar surface area (TPSA) is 142 Å². The summed E-state index contributed by atoms with van der Waals surface area (Å²) in [6.07, 6.45) is 3.82. The third-order valence-electron chi connectivity index (χ3n) is 3.27. The summed E-state index contributed by atoms with van der Waals surface area (Å²) in [7, 11) is -4.48. The summed E-state index contributed by atoms with van der Waals surface area (Å²) >= 11 is -0.204. The van der Waals surface area contributed by atoms with Gasteiger partial charge in [0.25, 0.3) is 16.0 Å². The van der Waals surface area contributed by atoms with Crippen molar-refractivity contribution in [1.82, 2.24) is 5.32 Å². The monoisotopic (exact) mass is 485 g/mol. The third-order valence-corrected chi connectivity index (χ3v) is 6.74. The van der Waals surface area contributed by atoms with Crippen LogP contribution in [0.25, 0.3) is 0 Å². The standard InChI is InChI=1S/C15H24IN3O5S/c1-2-5-16-19-7-3-4-11-9-13(20)12(15(21)18-8-6-17)10-14(11)25(22,23)24/h3-4,20H,2,5-10,17H2,1H3,(H,18,21)(H,22,23,24)/b4-3-. The van der Waals surface area contributed by atoms with Crippen LogP contribution in [0.4, 0.5) is 0 Å². The van der Waals surface area contributed by atoms with E-state index in [4.69, 9.17) is 5.73 Å². The van der Waals surface area contributed by atoms with E-state index >= 15 is 0 Å². The minimum Gasteiger partial charge on any atom is -0.511 e. The predicted octanol–water partition coefficient (Wildman–Crippen LogP) is 1.93. The van der Waals surface area contributed by atoms with Gasteiger partial charge in [-0.2, -0.15) is 8.42 Å². The van der Waals surface area contributed by atoms with Crippen LogP contribution in [0.15, 0.2) is 37.1 Å². The van der Waals surface area contributed by atoms with E-state index < -0.39 is 16.0 Å². The van der Waals surface area contributed by atoms with Crippen molar-refractivity contribution in [2.45, 2.75) is 26.2 Å². The first-order valence-electron chi connectivity index (χ1n) is 7.81. The van der Waals surface area contributed by atoms with Gasteiger partial charge in [0.1, 0.15) is 5.76 Å². The predicted molar refractivity (Wildman–Crippen MR) is 105 cm³/mol. The summed E-state index contributed by atoms with van der Waals surface area (Å²) in [6, 6.07) is 0. The minimum absolute atomic E-state index is 0.0725. The van der Waals surface area contributed by atoms with E-state index in [9.17, 15) is 22.9 Å². The Labute approximate surface area is 158 Å². The Morgan fingerprint density at radius 2 is 2.16 bits per heavy atom. The fourth-order valence-corrected chi connectivity index (χ4v) is 4.23. The zero-order chi connectivity index (χ0) is 18.9. The highest BCUT2D eigenvalue weighted by Crippen LogP contribution is 2.32. The molecule has 0 spiro atoms. The highest BCUT2D eigenvalue weighted by molar-refractivity contribution is 14.2. The van der Waals surface area contributed by atoms with E-state index in [1.165, 1.54) is 6.08 Å². The lowest BCUT2D eigenvalue weighted by Crippen LogP contribution is -2.32. The first kappa shape index (κ1) is 21.9. The highest BCUT2D eigenvalue weighted by atomic mass is 127. The average molecular weight is 485 g/mol. The van der Waals surface area contributed by atoms with Gasteiger partial charge in [-0.25, -0.2) is 0 Å². The second-order valence-corrected chi connectivity index (χ2v) is 9.15. The third kappa shape index (κ3) is 7.34. The van der Waals surface area contributed by atoms with Crippen LogP contribution in [0.5, 0.6) is 0 Å². The van der Waals surface area contributed by atoms with E-state index in [2.05, 4.69) is 15.4 Å². The second kappa shape index (κ2) is 10.8. The zero-order valence-electron chi connectivity index (χ0n) is 14.0. The molecule has 142 valence electrons. The van der Waals surface area contributed by atoms with Gasteiger partial charge in [0.15, 0.2) is 0 Å². The fraction of sp³-hybridized carbons (Fsp3) is 0.533. The van der Waals surface area contributed by atoms with Crippen LogP contribution in [0, 0.1) is 0 Å². The molecule has 10 heteroatoms. The normalized spacial score (nSPS) is 16.6. The summed E-state index contributed by atoms with van der Waals surface area (Å²) in [4.78, 5) is 11.7. The van der Waals surface area contributed by atoms with Crippen LogP contribution < -0.4 is 11.1 Å². The molecule has 0 saturated heterocycles. The molecule has 5 N–H and O–H groups in total. The molecule has 25 heavy (non-hydrogen) atoms. The fourth-order valence-electron chi connectivity index (χ4n) is 2.10. The minimum atomic E-state index is -4.48. The first-order valence-corrected chi connectivity index (χ1v) is 11.7. The molecule has 0 aliphatic heterocycles. The van der Waals surface area contributed by atoms with Crippen molar-refractivity contribution < 1.29 is 22.9 Å². The van der Waals surface area contributed by atoms with Crippen molar-refractivity contribution in [1.29, 1.82) is 0 Å². The van der Waals surface area contributed by atoms with Crippen LogP contribution in [0.1, 0.15) is 26.2 Å². The number of alkyl halides is 1. The van der Waals surface area contributed by atoms with Gasteiger partial charge in [-0.05, 0) is 33.0 Å². The van der Waals surface area contributed by atoms with Crippen LogP contribution in [-0.2, 0) is 14.9 Å². The Kier molecular flexibility index (Phi) is 9.46. The number of halogens is 1. The summed E-state index contributed by atoms with van der Waals surface area (Å²) in [5.41, 5.74) is 5.49. The van der Waals surface area contributed by atoms with Crippen molar-refractivity contribution >= 4 is 37.1 Å². The Hall–Kier alpha value is -1.11. The quantitative estimate of drug-likeness (QED) is 0.223. The number of rotatable bonds is 9. The van der Waals surface area contributed by atoms with Crippen molar-refractivity contribution in [3.05, 3.63) is 34.0 Å². The molecule has 0 aromatic carbocycles. The van der Waals surface area contributed by atoms with Gasteiger partial charge in [-0.1, -0.05) is 19.1 Å². The molecule has 0 fully saturated rings. The number of hydrogen-bond donors (Lipinski definition) is 4. The van der Waals surface area contributed by atoms with Crippen LogP contribution in [-0.4, -0.2) is 48.0 Å². The van der Waals surface area contributed by atoms with Crippen LogP contribution >= 0.6 is 21.0 Å². The van der Waals surface area contributed by atoms with Gasteiger partial charge < -0.3 is 16.2 Å². The Morgan fingerprint density at radius 1 is 1.44 bits per heavy atom. The van der Waals surface area contributed by atoms with Crippen molar-refractivity contribution in [3.8, 4) is 0 Å². The van der Waals surface area contributed by atoms with E-state index in [-0.39, 0.29) is 68.8 Å². The van der Waals surface area contributed by atoms with E-state index in [1.807, 2.05) is 0 Å². The molecule has 0 unspecified atom stereocenters. The molecule has 1 aliphatic carbocycles. The lowest BCUT2D eigenvalue weighted by atomic mass is 9.96. The van der Waals surface area contributed by atoms with E-state index in [0.717, 1.165) is 10.8 Å². The largest absolute Gasteiger partial charge is 0.511 e. The maximum Gasteiger partial charge on any atom is 0.291 e. The van der Waals surface area contributed by atoms with Crippen LogP contribution in [0.2, 0.25) is 0 Å². The molecule has 1 amide bonds. The molecular weight excluding hydrogens is 461 g/mol. The van der Waals surface area contributed by atoms with Crippen molar-refractivity contribution in [2.75, 3.05) is 24.1 Å². The average Bonchev–Trinajstić information content (AvgIpc) is 2.54. The van der Waals surface area contributed by atoms with E-state index in [0.29, 0.717) is 6.54 Å². The number of nitrogens with zero attached hydrogens (tertiary/aromatic N) is 1. The molecule has 1 rings (SSSR count). The number of carbonyl (C=O) groups is 1. The van der Waals surface area contributed by atoms with Gasteiger partial charge in [-0.15, -0.1) is 0 Å². The number of aliphatic hydroxyl groups excluding tert-OH is 1. The Bertz CT molecular complexity index is 711. The lowest BCUT2D eigenvalue weighted by molar-refractivity contribution is -0.117. The number of allylic oxidation sites excluding steroid dienone is 3. The smallest absolute Gasteiger partial charge is 0.291 e. The summed E-state index contributed by atoms with van der Waals surface area (Å²) in [6.45, 7) is 2.98. The molecule has 0 aromatic rings. The maximum atomic E-state index is 12.0. The maximum absolute atomic E-state index is 12.0. The summed E-state index contributed by atoms with van der Waals surface area (Å²) in [5, 5.41) is 12.6. The molecule has 8 nitrogen and oxygen atoms in total. The van der Waals surface area contributed by atoms with Gasteiger partial charge in [0, 0.05) is 30.4 Å². The zero-order valence-corrected chi connectivity index (χ0v) is 17.0. The van der Waals surface area contributed by atoms with Crippen molar-refractivity contribution in [3.63, 3.8) is 0 Å². The molecule has 0 saturated carbocycles. The highest BCUT2D eigenvalue weighted by Gasteiger charge is 2.29. The second-order valence-electron chi connectivity index (χ2n) is 5.26. The summed E-state index contributed by atoms with van der Waals surface area (Å²) < 4.78 is 38.2. The molecule has 0 aromatic heterocycles. The number of nitrogens with one attached hydrogen (secondary N) is 1. The Morgan fingerprint density at radius 3 is 2.76 bits per heavy atom. The van der Waals surface area contributed by atoms with Gasteiger partial charge >= 0.3 is 0 Å². The number of amides is 1. The molecule has 0 bridgehead atoms. The van der Waals surface area contributed by atoms with Gasteiger partial charge in [0.05, 0.1) is 17.0 Å². The van der Waals surface area contributed by atoms with Crippen molar-refractivity contribution in [2.24, 2.45) is 8.88 Å². The van der Waals surface area contributed by atoms with E-state index in [1.54, 1.807) is 6.08 Å². The molecular formula is C15H24IN3O5S. The summed E-state index contributed by atoms with van der Waals surface area (Å²) in [5.74, 6) is -0.802. The molecule has 1 aliphatic rings.